The monoisotopic (exact) mass is 340 g/mol. The molecule has 4 N–H and O–H groups in total. The molecule has 1 heterocycles. The average Bonchev–Trinajstić information content (AvgIpc) is 2.72. The lowest BCUT2D eigenvalue weighted by atomic mass is 9.80. The topological polar surface area (TPSA) is 116 Å². The Bertz CT molecular complexity index is 588. The van der Waals surface area contributed by atoms with E-state index >= 15 is 0 Å². The number of carboxylic acids is 1. The summed E-state index contributed by atoms with van der Waals surface area (Å²) in [5.41, 5.74) is 0.244. The van der Waals surface area contributed by atoms with Crippen LogP contribution in [0.4, 0.5) is 0 Å². The zero-order valence-electron chi connectivity index (χ0n) is 14.0. The molecule has 0 bridgehead atoms. The SMILES string of the molecule is O=C(O)CCCCCCc1c(O)[nH]c(=O)n1CCC(O)C1CCC1. The largest absolute Gasteiger partial charge is 0.493 e. The van der Waals surface area contributed by atoms with Gasteiger partial charge in [0.2, 0.25) is 5.88 Å². The van der Waals surface area contributed by atoms with Gasteiger partial charge in [-0.1, -0.05) is 19.3 Å². The number of aliphatic hydroxyl groups excluding tert-OH is 1. The maximum absolute atomic E-state index is 11.9. The molecule has 1 atom stereocenters. The second-order valence-electron chi connectivity index (χ2n) is 6.73. The van der Waals surface area contributed by atoms with E-state index in [1.165, 1.54) is 11.0 Å². The summed E-state index contributed by atoms with van der Waals surface area (Å²) >= 11 is 0. The molecule has 1 unspecified atom stereocenters. The maximum atomic E-state index is 11.9. The molecule has 136 valence electrons. The van der Waals surface area contributed by atoms with Gasteiger partial charge in [0.25, 0.3) is 0 Å². The molecule has 1 saturated carbocycles. The molecule has 1 aromatic rings. The van der Waals surface area contributed by atoms with Crippen molar-refractivity contribution in [1.82, 2.24) is 9.55 Å². The first-order valence-corrected chi connectivity index (χ1v) is 8.89. The second-order valence-corrected chi connectivity index (χ2v) is 6.73. The van der Waals surface area contributed by atoms with Crippen LogP contribution in [-0.4, -0.2) is 36.9 Å². The number of hydrogen-bond donors (Lipinski definition) is 4. The summed E-state index contributed by atoms with van der Waals surface area (Å²) in [6.07, 6.45) is 7.27. The number of nitrogens with one attached hydrogen (secondary N) is 1. The van der Waals surface area contributed by atoms with E-state index in [-0.39, 0.29) is 24.1 Å². The number of nitrogens with zero attached hydrogens (tertiary/aromatic N) is 1. The van der Waals surface area contributed by atoms with E-state index < -0.39 is 5.97 Å². The third kappa shape index (κ3) is 5.12. The van der Waals surface area contributed by atoms with Gasteiger partial charge in [-0.15, -0.1) is 0 Å². The third-order valence-electron chi connectivity index (χ3n) is 4.97. The van der Waals surface area contributed by atoms with E-state index in [1.807, 2.05) is 0 Å². The van der Waals surface area contributed by atoms with Gasteiger partial charge in [-0.2, -0.15) is 0 Å². The fourth-order valence-electron chi connectivity index (χ4n) is 3.23. The normalized spacial score (nSPS) is 16.0. The second kappa shape index (κ2) is 8.92. The third-order valence-corrected chi connectivity index (χ3v) is 4.97. The number of aromatic hydroxyl groups is 1. The van der Waals surface area contributed by atoms with Crippen molar-refractivity contribution in [3.8, 4) is 5.88 Å². The molecular weight excluding hydrogens is 312 g/mol. The highest BCUT2D eigenvalue weighted by atomic mass is 16.4. The lowest BCUT2D eigenvalue weighted by Crippen LogP contribution is -2.29. The molecule has 0 amide bonds. The van der Waals surface area contributed by atoms with Crippen molar-refractivity contribution < 1.29 is 20.1 Å². The number of carbonyl (C=O) groups is 1. The molecule has 0 spiro atoms. The van der Waals surface area contributed by atoms with E-state index in [1.54, 1.807) is 0 Å². The highest BCUT2D eigenvalue weighted by molar-refractivity contribution is 5.66. The quantitative estimate of drug-likeness (QED) is 0.460. The Balaban J connectivity index is 1.80. The number of unbranched alkanes of at least 4 members (excludes halogenated alkanes) is 3. The van der Waals surface area contributed by atoms with Crippen molar-refractivity contribution in [2.45, 2.75) is 76.9 Å². The molecular formula is C17H28N2O5. The predicted octanol–water partition coefficient (Wildman–Crippen LogP) is 2.01. The van der Waals surface area contributed by atoms with Crippen LogP contribution in [-0.2, 0) is 17.8 Å². The first-order chi connectivity index (χ1) is 11.5. The molecule has 2 rings (SSSR count). The molecule has 0 saturated heterocycles. The van der Waals surface area contributed by atoms with Gasteiger partial charge in [0.15, 0.2) is 0 Å². The first-order valence-electron chi connectivity index (χ1n) is 8.89. The van der Waals surface area contributed by atoms with E-state index in [0.29, 0.717) is 37.4 Å². The van der Waals surface area contributed by atoms with Gasteiger partial charge in [-0.3, -0.25) is 14.3 Å². The summed E-state index contributed by atoms with van der Waals surface area (Å²) in [5, 5.41) is 28.6. The highest BCUT2D eigenvalue weighted by Gasteiger charge is 2.25. The van der Waals surface area contributed by atoms with Crippen LogP contribution in [0.25, 0.3) is 0 Å². The summed E-state index contributed by atoms with van der Waals surface area (Å²) in [6.45, 7) is 0.405. The Morgan fingerprint density at radius 3 is 2.58 bits per heavy atom. The Morgan fingerprint density at radius 2 is 1.96 bits per heavy atom. The molecule has 7 nitrogen and oxygen atoms in total. The van der Waals surface area contributed by atoms with Gasteiger partial charge in [-0.25, -0.2) is 4.79 Å². The zero-order valence-corrected chi connectivity index (χ0v) is 14.0. The van der Waals surface area contributed by atoms with Crippen molar-refractivity contribution in [3.63, 3.8) is 0 Å². The lowest BCUT2D eigenvalue weighted by Gasteiger charge is -2.30. The Hall–Kier alpha value is -1.76. The van der Waals surface area contributed by atoms with E-state index in [0.717, 1.165) is 32.1 Å². The van der Waals surface area contributed by atoms with Gasteiger partial charge >= 0.3 is 11.7 Å². The summed E-state index contributed by atoms with van der Waals surface area (Å²) in [7, 11) is 0. The smallest absolute Gasteiger partial charge is 0.328 e. The maximum Gasteiger partial charge on any atom is 0.328 e. The number of aromatic nitrogens is 2. The van der Waals surface area contributed by atoms with Crippen LogP contribution in [0.15, 0.2) is 4.79 Å². The molecule has 1 aliphatic carbocycles. The van der Waals surface area contributed by atoms with Crippen LogP contribution in [0.1, 0.15) is 63.5 Å². The molecule has 0 radical (unpaired) electrons. The van der Waals surface area contributed by atoms with E-state index in [2.05, 4.69) is 4.98 Å². The van der Waals surface area contributed by atoms with E-state index in [4.69, 9.17) is 5.11 Å². The van der Waals surface area contributed by atoms with Crippen molar-refractivity contribution in [2.75, 3.05) is 0 Å². The summed E-state index contributed by atoms with van der Waals surface area (Å²) in [4.78, 5) is 24.8. The number of rotatable bonds is 11. The number of aliphatic hydroxyl groups is 1. The van der Waals surface area contributed by atoms with Crippen LogP contribution >= 0.6 is 0 Å². The lowest BCUT2D eigenvalue weighted by molar-refractivity contribution is -0.137. The van der Waals surface area contributed by atoms with Gasteiger partial charge in [0.05, 0.1) is 11.8 Å². The van der Waals surface area contributed by atoms with Crippen LogP contribution in [0.5, 0.6) is 5.88 Å². The fraction of sp³-hybridized carbons (Fsp3) is 0.765. The van der Waals surface area contributed by atoms with Gasteiger partial charge in [-0.05, 0) is 44.4 Å². The standard InChI is InChI=1S/C17H28N2O5/c20-14(12-6-5-7-12)10-11-19-13(16(23)18-17(19)24)8-3-1-2-4-9-15(21)22/h12,14,20,23H,1-11H2,(H,18,24)(H,21,22). The Kier molecular flexibility index (Phi) is 6.90. The van der Waals surface area contributed by atoms with Crippen molar-refractivity contribution in [2.24, 2.45) is 5.92 Å². The molecule has 1 aliphatic rings. The average molecular weight is 340 g/mol. The number of aliphatic carboxylic acids is 1. The van der Waals surface area contributed by atoms with Gasteiger partial charge in [0.1, 0.15) is 0 Å². The number of carboxylic acid groups (broad SMARTS) is 1. The number of aromatic amines is 1. The molecule has 1 fully saturated rings. The fourth-order valence-corrected chi connectivity index (χ4v) is 3.23. The predicted molar refractivity (Wildman–Crippen MR) is 89.1 cm³/mol. The molecule has 24 heavy (non-hydrogen) atoms. The van der Waals surface area contributed by atoms with Gasteiger partial charge < -0.3 is 15.3 Å². The highest BCUT2D eigenvalue weighted by Crippen LogP contribution is 2.31. The van der Waals surface area contributed by atoms with Crippen molar-refractivity contribution in [3.05, 3.63) is 16.2 Å². The number of H-pyrrole nitrogens is 1. The van der Waals surface area contributed by atoms with Crippen LogP contribution in [0.3, 0.4) is 0 Å². The Labute approximate surface area is 141 Å². The molecule has 0 aromatic carbocycles. The number of imidazole rings is 1. The minimum Gasteiger partial charge on any atom is -0.493 e. The molecule has 0 aliphatic heterocycles. The first kappa shape index (κ1) is 18.6. The summed E-state index contributed by atoms with van der Waals surface area (Å²) in [6, 6.07) is 0. The summed E-state index contributed by atoms with van der Waals surface area (Å²) < 4.78 is 1.52. The summed E-state index contributed by atoms with van der Waals surface area (Å²) in [5.74, 6) is -0.522. The molecule has 7 heteroatoms. The van der Waals surface area contributed by atoms with Crippen LogP contribution in [0, 0.1) is 5.92 Å². The minimum atomic E-state index is -0.780. The Morgan fingerprint density at radius 1 is 1.25 bits per heavy atom. The van der Waals surface area contributed by atoms with Crippen LogP contribution < -0.4 is 5.69 Å². The molecule has 1 aromatic heterocycles. The number of hydrogen-bond acceptors (Lipinski definition) is 4. The zero-order chi connectivity index (χ0) is 17.5. The van der Waals surface area contributed by atoms with Crippen molar-refractivity contribution in [1.29, 1.82) is 0 Å². The van der Waals surface area contributed by atoms with E-state index in [9.17, 15) is 19.8 Å². The van der Waals surface area contributed by atoms with Crippen molar-refractivity contribution >= 4 is 5.97 Å². The van der Waals surface area contributed by atoms with Gasteiger partial charge in [0, 0.05) is 13.0 Å². The van der Waals surface area contributed by atoms with Crippen LogP contribution in [0.2, 0.25) is 0 Å². The minimum absolute atomic E-state index is 0.0938.